The van der Waals surface area contributed by atoms with Crippen LogP contribution in [0.25, 0.3) is 0 Å². The van der Waals surface area contributed by atoms with Crippen molar-refractivity contribution in [3.63, 3.8) is 0 Å². The first-order chi connectivity index (χ1) is 8.66. The number of hydrogen-bond donors (Lipinski definition) is 3. The van der Waals surface area contributed by atoms with Crippen LogP contribution in [0.15, 0.2) is 24.3 Å². The molecule has 0 amide bonds. The number of carboxylic acids is 1. The molecule has 1 aromatic rings. The molecule has 98 valence electrons. The van der Waals surface area contributed by atoms with Gasteiger partial charge in [-0.05, 0) is 50.2 Å². The summed E-state index contributed by atoms with van der Waals surface area (Å²) < 4.78 is 5.08. The molecule has 1 saturated heterocycles. The minimum atomic E-state index is -0.861. The zero-order valence-electron chi connectivity index (χ0n) is 10.4. The summed E-state index contributed by atoms with van der Waals surface area (Å²) in [5, 5.41) is 15.8. The van der Waals surface area contributed by atoms with Gasteiger partial charge in [0.05, 0.1) is 7.11 Å². The fourth-order valence-corrected chi connectivity index (χ4v) is 2.20. The van der Waals surface area contributed by atoms with Gasteiger partial charge in [-0.2, -0.15) is 0 Å². The molecule has 0 aromatic heterocycles. The van der Waals surface area contributed by atoms with Crippen molar-refractivity contribution >= 4 is 11.7 Å². The monoisotopic (exact) mass is 250 g/mol. The van der Waals surface area contributed by atoms with E-state index in [4.69, 9.17) is 4.74 Å². The first-order valence-corrected chi connectivity index (χ1v) is 6.03. The number of nitrogens with one attached hydrogen (secondary N) is 2. The van der Waals surface area contributed by atoms with Gasteiger partial charge in [-0.1, -0.05) is 0 Å². The maximum Gasteiger partial charge on any atom is 0.329 e. The number of methoxy groups -OCH3 is 1. The van der Waals surface area contributed by atoms with Crippen LogP contribution in [0.4, 0.5) is 5.69 Å². The van der Waals surface area contributed by atoms with Crippen molar-refractivity contribution in [3.8, 4) is 5.75 Å². The molecule has 5 heteroatoms. The van der Waals surface area contributed by atoms with E-state index in [0.29, 0.717) is 12.8 Å². The molecule has 0 spiro atoms. The topological polar surface area (TPSA) is 70.6 Å². The van der Waals surface area contributed by atoms with Crippen molar-refractivity contribution in [3.05, 3.63) is 24.3 Å². The van der Waals surface area contributed by atoms with Crippen molar-refractivity contribution in [2.75, 3.05) is 25.5 Å². The van der Waals surface area contributed by atoms with Crippen LogP contribution in [0.2, 0.25) is 0 Å². The van der Waals surface area contributed by atoms with E-state index in [9.17, 15) is 9.90 Å². The quantitative estimate of drug-likeness (QED) is 0.751. The summed E-state index contributed by atoms with van der Waals surface area (Å²) in [5.41, 5.74) is -0.0556. The maximum atomic E-state index is 11.5. The summed E-state index contributed by atoms with van der Waals surface area (Å²) in [6, 6.07) is 7.31. The molecule has 1 heterocycles. The first kappa shape index (κ1) is 12.7. The Bertz CT molecular complexity index is 411. The summed E-state index contributed by atoms with van der Waals surface area (Å²) in [4.78, 5) is 11.5. The molecule has 1 fully saturated rings. The summed E-state index contributed by atoms with van der Waals surface area (Å²) >= 11 is 0. The molecule has 1 aliphatic rings. The van der Waals surface area contributed by atoms with Gasteiger partial charge in [-0.3, -0.25) is 0 Å². The Kier molecular flexibility index (Phi) is 3.72. The number of hydrogen-bond acceptors (Lipinski definition) is 4. The van der Waals surface area contributed by atoms with E-state index in [0.717, 1.165) is 24.5 Å². The predicted molar refractivity (Wildman–Crippen MR) is 69.1 cm³/mol. The van der Waals surface area contributed by atoms with E-state index >= 15 is 0 Å². The Morgan fingerprint density at radius 3 is 2.44 bits per heavy atom. The number of carboxylic acid groups (broad SMARTS) is 1. The van der Waals surface area contributed by atoms with E-state index in [1.807, 2.05) is 24.3 Å². The molecule has 0 atom stereocenters. The SMILES string of the molecule is COc1ccc(NC2(C(=O)O)CCNCC2)cc1. The maximum absolute atomic E-state index is 11.5. The highest BCUT2D eigenvalue weighted by molar-refractivity contribution is 5.83. The van der Waals surface area contributed by atoms with E-state index in [1.165, 1.54) is 0 Å². The highest BCUT2D eigenvalue weighted by Crippen LogP contribution is 2.26. The summed E-state index contributed by atoms with van der Waals surface area (Å²) in [6.07, 6.45) is 1.16. The molecule has 0 unspecified atom stereocenters. The lowest BCUT2D eigenvalue weighted by molar-refractivity contribution is -0.143. The van der Waals surface area contributed by atoms with Crippen molar-refractivity contribution in [1.29, 1.82) is 0 Å². The van der Waals surface area contributed by atoms with E-state index in [-0.39, 0.29) is 0 Å². The molecule has 0 aliphatic carbocycles. The second-order valence-corrected chi connectivity index (χ2v) is 4.49. The van der Waals surface area contributed by atoms with Gasteiger partial charge in [0.1, 0.15) is 11.3 Å². The minimum Gasteiger partial charge on any atom is -0.497 e. The van der Waals surface area contributed by atoms with Crippen molar-refractivity contribution in [2.45, 2.75) is 18.4 Å². The van der Waals surface area contributed by atoms with Gasteiger partial charge < -0.3 is 20.5 Å². The van der Waals surface area contributed by atoms with Crippen LogP contribution >= 0.6 is 0 Å². The number of carbonyl (C=O) groups is 1. The van der Waals surface area contributed by atoms with Crippen LogP contribution in [-0.4, -0.2) is 36.8 Å². The van der Waals surface area contributed by atoms with Crippen LogP contribution in [-0.2, 0) is 4.79 Å². The molecule has 1 aliphatic heterocycles. The zero-order valence-corrected chi connectivity index (χ0v) is 10.4. The van der Waals surface area contributed by atoms with Gasteiger partial charge in [0.15, 0.2) is 0 Å². The van der Waals surface area contributed by atoms with Crippen LogP contribution in [0.5, 0.6) is 5.75 Å². The van der Waals surface area contributed by atoms with Crippen molar-refractivity contribution in [2.24, 2.45) is 0 Å². The summed E-state index contributed by atoms with van der Waals surface area (Å²) in [6.45, 7) is 1.44. The Morgan fingerprint density at radius 1 is 1.33 bits per heavy atom. The smallest absolute Gasteiger partial charge is 0.329 e. The molecule has 5 nitrogen and oxygen atoms in total. The van der Waals surface area contributed by atoms with Crippen molar-refractivity contribution < 1.29 is 14.6 Å². The molecule has 1 aromatic carbocycles. The number of ether oxygens (including phenoxy) is 1. The van der Waals surface area contributed by atoms with Crippen molar-refractivity contribution in [1.82, 2.24) is 5.32 Å². The minimum absolute atomic E-state index is 0.578. The van der Waals surface area contributed by atoms with E-state index in [1.54, 1.807) is 7.11 Å². The number of aliphatic carboxylic acids is 1. The standard InChI is InChI=1S/C13H18N2O3/c1-18-11-4-2-10(3-5-11)15-13(12(16)17)6-8-14-9-7-13/h2-5,14-15H,6-9H2,1H3,(H,16,17). The third-order valence-electron chi connectivity index (χ3n) is 3.34. The average Bonchev–Trinajstić information content (AvgIpc) is 2.40. The predicted octanol–water partition coefficient (Wildman–Crippen LogP) is 1.31. The fourth-order valence-electron chi connectivity index (χ4n) is 2.20. The molecule has 0 saturated carbocycles. The molecular formula is C13H18N2O3. The molecular weight excluding hydrogens is 232 g/mol. The normalized spacial score (nSPS) is 18.1. The highest BCUT2D eigenvalue weighted by atomic mass is 16.5. The molecule has 0 radical (unpaired) electrons. The van der Waals surface area contributed by atoms with Gasteiger partial charge in [0, 0.05) is 5.69 Å². The van der Waals surface area contributed by atoms with E-state index < -0.39 is 11.5 Å². The lowest BCUT2D eigenvalue weighted by Crippen LogP contribution is -2.53. The second-order valence-electron chi connectivity index (χ2n) is 4.49. The van der Waals surface area contributed by atoms with Crippen LogP contribution in [0, 0.1) is 0 Å². The Balaban J connectivity index is 2.15. The van der Waals surface area contributed by atoms with Gasteiger partial charge in [0.2, 0.25) is 0 Å². The summed E-state index contributed by atoms with van der Waals surface area (Å²) in [5.74, 6) is -0.0324. The van der Waals surface area contributed by atoms with Gasteiger partial charge in [-0.15, -0.1) is 0 Å². The Labute approximate surface area is 106 Å². The number of piperidine rings is 1. The third-order valence-corrected chi connectivity index (χ3v) is 3.34. The zero-order chi connectivity index (χ0) is 13.0. The third kappa shape index (κ3) is 2.56. The van der Waals surface area contributed by atoms with Crippen LogP contribution in [0.1, 0.15) is 12.8 Å². The van der Waals surface area contributed by atoms with Gasteiger partial charge in [0.25, 0.3) is 0 Å². The van der Waals surface area contributed by atoms with Gasteiger partial charge >= 0.3 is 5.97 Å². The number of anilines is 1. The van der Waals surface area contributed by atoms with Crippen LogP contribution < -0.4 is 15.4 Å². The van der Waals surface area contributed by atoms with Crippen LogP contribution in [0.3, 0.4) is 0 Å². The first-order valence-electron chi connectivity index (χ1n) is 6.03. The Morgan fingerprint density at radius 2 is 1.94 bits per heavy atom. The molecule has 3 N–H and O–H groups in total. The summed E-state index contributed by atoms with van der Waals surface area (Å²) in [7, 11) is 1.61. The second kappa shape index (κ2) is 5.27. The molecule has 18 heavy (non-hydrogen) atoms. The highest BCUT2D eigenvalue weighted by Gasteiger charge is 2.39. The lowest BCUT2D eigenvalue weighted by Gasteiger charge is -2.35. The largest absolute Gasteiger partial charge is 0.497 e. The Hall–Kier alpha value is -1.75. The fraction of sp³-hybridized carbons (Fsp3) is 0.462. The average molecular weight is 250 g/mol. The van der Waals surface area contributed by atoms with E-state index in [2.05, 4.69) is 10.6 Å². The number of rotatable bonds is 4. The molecule has 2 rings (SSSR count). The number of benzene rings is 1. The molecule has 0 bridgehead atoms. The van der Waals surface area contributed by atoms with Gasteiger partial charge in [-0.25, -0.2) is 4.79 Å². The lowest BCUT2D eigenvalue weighted by atomic mass is 9.88.